The van der Waals surface area contributed by atoms with E-state index in [0.29, 0.717) is 36.5 Å². The number of para-hydroxylation sites is 1. The van der Waals surface area contributed by atoms with Crippen LogP contribution in [0.15, 0.2) is 100 Å². The maximum absolute atomic E-state index is 12.7. The van der Waals surface area contributed by atoms with E-state index in [4.69, 9.17) is 4.52 Å². The van der Waals surface area contributed by atoms with Crippen LogP contribution in [0.2, 0.25) is 0 Å². The molecule has 2 aromatic heterocycles. The number of nitrogens with zero attached hydrogens (tertiary/aromatic N) is 3. The van der Waals surface area contributed by atoms with Crippen molar-refractivity contribution < 1.29 is 18.9 Å². The van der Waals surface area contributed by atoms with E-state index in [2.05, 4.69) is 34.1 Å². The van der Waals surface area contributed by atoms with E-state index in [1.807, 2.05) is 80.3 Å². The molecule has 0 saturated heterocycles. The highest BCUT2D eigenvalue weighted by Gasteiger charge is 2.32. The lowest BCUT2D eigenvalue weighted by Gasteiger charge is -2.40. The van der Waals surface area contributed by atoms with Crippen LogP contribution in [-0.2, 0) is 20.9 Å². The lowest BCUT2D eigenvalue weighted by Crippen LogP contribution is -2.44. The molecule has 268 valence electrons. The maximum atomic E-state index is 12.7. The molecular formula is C41H44N6O5. The van der Waals surface area contributed by atoms with Gasteiger partial charge in [0.2, 0.25) is 17.7 Å². The van der Waals surface area contributed by atoms with E-state index in [0.717, 1.165) is 45.7 Å². The van der Waals surface area contributed by atoms with Crippen molar-refractivity contribution in [3.05, 3.63) is 124 Å². The van der Waals surface area contributed by atoms with Gasteiger partial charge in [-0.15, -0.1) is 0 Å². The van der Waals surface area contributed by atoms with Crippen molar-refractivity contribution in [2.75, 3.05) is 20.9 Å². The van der Waals surface area contributed by atoms with Crippen LogP contribution in [-0.4, -0.2) is 33.5 Å². The fourth-order valence-corrected chi connectivity index (χ4v) is 6.80. The quantitative estimate of drug-likeness (QED) is 0.122. The fourth-order valence-electron chi connectivity index (χ4n) is 6.80. The molecule has 0 saturated carbocycles. The first-order chi connectivity index (χ1) is 25.1. The first-order valence-corrected chi connectivity index (χ1v) is 17.7. The largest absolute Gasteiger partial charge is 0.378 e. The Labute approximate surface area is 303 Å². The Bertz CT molecular complexity index is 2100. The van der Waals surface area contributed by atoms with E-state index in [1.54, 1.807) is 29.0 Å². The predicted octanol–water partition coefficient (Wildman–Crippen LogP) is 7.60. The second-order valence-electron chi connectivity index (χ2n) is 13.3. The van der Waals surface area contributed by atoms with Gasteiger partial charge in [0.15, 0.2) is 0 Å². The highest BCUT2D eigenvalue weighted by molar-refractivity contribution is 5.95. The van der Waals surface area contributed by atoms with Crippen LogP contribution in [0.4, 0.5) is 22.7 Å². The highest BCUT2D eigenvalue weighted by Crippen LogP contribution is 2.39. The third-order valence-electron chi connectivity index (χ3n) is 9.37. The smallest absolute Gasteiger partial charge is 0.250 e. The molecule has 1 aliphatic rings. The maximum Gasteiger partial charge on any atom is 0.250 e. The Morgan fingerprint density at radius 3 is 2.12 bits per heavy atom. The molecule has 6 rings (SSSR count). The molecule has 0 bridgehead atoms. The summed E-state index contributed by atoms with van der Waals surface area (Å²) in [4.78, 5) is 52.4. The molecule has 3 amide bonds. The highest BCUT2D eigenvalue weighted by atomic mass is 16.5. The number of nitrogens with one attached hydrogen (secondary N) is 3. The Balaban J connectivity index is 0.949. The van der Waals surface area contributed by atoms with Crippen molar-refractivity contribution in [1.82, 2.24) is 9.72 Å². The van der Waals surface area contributed by atoms with Crippen LogP contribution in [0.5, 0.6) is 0 Å². The van der Waals surface area contributed by atoms with Crippen LogP contribution in [0.25, 0.3) is 11.1 Å². The van der Waals surface area contributed by atoms with Crippen molar-refractivity contribution in [2.24, 2.45) is 0 Å². The molecule has 52 heavy (non-hydrogen) atoms. The minimum atomic E-state index is -0.180. The molecule has 2 atom stereocenters. The average Bonchev–Trinajstić information content (AvgIpc) is 3.47. The predicted molar refractivity (Wildman–Crippen MR) is 203 cm³/mol. The number of carbonyl (C=O) groups excluding carboxylic acids is 3. The van der Waals surface area contributed by atoms with Crippen LogP contribution >= 0.6 is 0 Å². The van der Waals surface area contributed by atoms with Gasteiger partial charge in [-0.3, -0.25) is 19.2 Å². The Kier molecular flexibility index (Phi) is 11.0. The average molecular weight is 701 g/mol. The lowest BCUT2D eigenvalue weighted by atomic mass is 9.91. The molecule has 1 aliphatic heterocycles. The number of aromatic nitrogens is 2. The van der Waals surface area contributed by atoms with Crippen LogP contribution in [0, 0.1) is 13.8 Å². The van der Waals surface area contributed by atoms with Crippen molar-refractivity contribution in [2.45, 2.75) is 78.4 Å². The van der Waals surface area contributed by atoms with Crippen LogP contribution < -0.4 is 26.4 Å². The van der Waals surface area contributed by atoms with Crippen LogP contribution in [0.3, 0.4) is 0 Å². The summed E-state index contributed by atoms with van der Waals surface area (Å²) in [6.07, 6.45) is 3.85. The number of amides is 3. The molecular weight excluding hydrogens is 656 g/mol. The number of fused-ring (bicyclic) bond motifs is 1. The number of anilines is 4. The van der Waals surface area contributed by atoms with Gasteiger partial charge in [-0.05, 0) is 93.3 Å². The molecule has 0 unspecified atom stereocenters. The van der Waals surface area contributed by atoms with E-state index in [-0.39, 0.29) is 48.2 Å². The third kappa shape index (κ3) is 8.31. The number of carbonyl (C=O) groups is 3. The van der Waals surface area contributed by atoms with E-state index in [1.165, 1.54) is 6.07 Å². The summed E-state index contributed by atoms with van der Waals surface area (Å²) in [7, 11) is 0. The molecule has 5 aromatic rings. The van der Waals surface area contributed by atoms with Gasteiger partial charge in [-0.2, -0.15) is 0 Å². The number of benzene rings is 3. The standard InChI is InChI=1S/C41H44N6O5/c1-5-39(50)47-26(2)23-35(34-9-6-7-10-36(34)47)42-31-18-20-33(21-19-31)44-38(49)12-8-11-37(48)43-32-16-13-29(14-17-32)24-46-25-30(15-22-40(46)51)41-27(3)45-52-28(41)4/h6-7,9-10,13-22,25-26,35,42H,5,8,11-12,23-24H2,1-4H3,(H,43,48)(H,44,49)/t26-,35+/m0/s1. The molecule has 3 N–H and O–H groups in total. The van der Waals surface area contributed by atoms with Crippen LogP contribution in [0.1, 0.15) is 74.6 Å². The Hall–Kier alpha value is -5.97. The Morgan fingerprint density at radius 2 is 1.48 bits per heavy atom. The molecule has 3 heterocycles. The van der Waals surface area contributed by atoms with Gasteiger partial charge in [0.05, 0.1) is 18.3 Å². The Morgan fingerprint density at radius 1 is 0.846 bits per heavy atom. The number of aryl methyl sites for hydroxylation is 2. The summed E-state index contributed by atoms with van der Waals surface area (Å²) in [5.41, 5.74) is 7.55. The fraction of sp³-hybridized carbons (Fsp3) is 0.293. The second kappa shape index (κ2) is 15.9. The first-order valence-electron chi connectivity index (χ1n) is 17.7. The summed E-state index contributed by atoms with van der Waals surface area (Å²) >= 11 is 0. The second-order valence-corrected chi connectivity index (χ2v) is 13.3. The van der Waals surface area contributed by atoms with Gasteiger partial charge < -0.3 is 29.9 Å². The number of hydrogen-bond acceptors (Lipinski definition) is 7. The van der Waals surface area contributed by atoms with Gasteiger partial charge in [-0.1, -0.05) is 42.4 Å². The first kappa shape index (κ1) is 35.8. The van der Waals surface area contributed by atoms with Crippen molar-refractivity contribution in [3.63, 3.8) is 0 Å². The topological polar surface area (TPSA) is 139 Å². The SMILES string of the molecule is CCC(=O)N1c2ccccc2[C@H](Nc2ccc(NC(=O)CCCC(=O)Nc3ccc(Cn4cc(-c5c(C)noc5C)ccc4=O)cc3)cc2)C[C@@H]1C. The molecule has 11 nitrogen and oxygen atoms in total. The normalized spacial score (nSPS) is 15.1. The number of hydrogen-bond donors (Lipinski definition) is 3. The minimum Gasteiger partial charge on any atom is -0.378 e. The number of pyridine rings is 1. The lowest BCUT2D eigenvalue weighted by molar-refractivity contribution is -0.119. The number of rotatable bonds is 12. The van der Waals surface area contributed by atoms with Gasteiger partial charge >= 0.3 is 0 Å². The van der Waals surface area contributed by atoms with E-state index < -0.39 is 0 Å². The van der Waals surface area contributed by atoms with Crippen molar-refractivity contribution in [1.29, 1.82) is 0 Å². The van der Waals surface area contributed by atoms with Gasteiger partial charge in [0, 0.05) is 71.4 Å². The molecule has 11 heteroatoms. The summed E-state index contributed by atoms with van der Waals surface area (Å²) < 4.78 is 6.92. The zero-order valence-corrected chi connectivity index (χ0v) is 29.9. The van der Waals surface area contributed by atoms with E-state index >= 15 is 0 Å². The van der Waals surface area contributed by atoms with Gasteiger partial charge in [-0.25, -0.2) is 0 Å². The van der Waals surface area contributed by atoms with Gasteiger partial charge in [0.1, 0.15) is 5.76 Å². The van der Waals surface area contributed by atoms with Gasteiger partial charge in [0.25, 0.3) is 5.56 Å². The summed E-state index contributed by atoms with van der Waals surface area (Å²) in [6.45, 7) is 8.05. The van der Waals surface area contributed by atoms with E-state index in [9.17, 15) is 19.2 Å². The molecule has 0 spiro atoms. The molecule has 0 fully saturated rings. The summed E-state index contributed by atoms with van der Waals surface area (Å²) in [5, 5.41) is 13.4. The molecule has 0 radical (unpaired) electrons. The van der Waals surface area contributed by atoms with Crippen molar-refractivity contribution in [3.8, 4) is 11.1 Å². The monoisotopic (exact) mass is 700 g/mol. The summed E-state index contributed by atoms with van der Waals surface area (Å²) in [6, 6.07) is 26.4. The minimum absolute atomic E-state index is 0.0472. The zero-order chi connectivity index (χ0) is 36.8. The molecule has 0 aliphatic carbocycles. The molecule has 3 aromatic carbocycles. The third-order valence-corrected chi connectivity index (χ3v) is 9.37. The van der Waals surface area contributed by atoms with Crippen molar-refractivity contribution >= 4 is 40.5 Å². The zero-order valence-electron chi connectivity index (χ0n) is 29.9. The summed E-state index contributed by atoms with van der Waals surface area (Å²) in [5.74, 6) is 0.469.